The van der Waals surface area contributed by atoms with E-state index < -0.39 is 0 Å². The Kier molecular flexibility index (Phi) is 3.92. The maximum atomic E-state index is 13.0. The molecular formula is C20H20N2O3. The largest absolute Gasteiger partial charge is 0.492 e. The van der Waals surface area contributed by atoms with Crippen LogP contribution in [-0.2, 0) is 22.6 Å². The van der Waals surface area contributed by atoms with E-state index in [0.717, 1.165) is 34.5 Å². The number of carbonyl (C=O) groups is 2. The second-order valence-corrected chi connectivity index (χ2v) is 6.54. The highest BCUT2D eigenvalue weighted by molar-refractivity contribution is 5.90. The number of rotatable bonds is 2. The van der Waals surface area contributed by atoms with Crippen LogP contribution >= 0.6 is 0 Å². The highest BCUT2D eigenvalue weighted by atomic mass is 16.5. The van der Waals surface area contributed by atoms with Crippen molar-refractivity contribution in [3.05, 3.63) is 59.2 Å². The van der Waals surface area contributed by atoms with E-state index in [2.05, 4.69) is 5.32 Å². The summed E-state index contributed by atoms with van der Waals surface area (Å²) in [5.74, 6) is 0.620. The van der Waals surface area contributed by atoms with Crippen LogP contribution in [0.25, 0.3) is 0 Å². The van der Waals surface area contributed by atoms with E-state index in [0.29, 0.717) is 19.7 Å². The third kappa shape index (κ3) is 2.86. The summed E-state index contributed by atoms with van der Waals surface area (Å²) in [5.41, 5.74) is 4.06. The average Bonchev–Trinajstić information content (AvgIpc) is 3.04. The lowest BCUT2D eigenvalue weighted by Crippen LogP contribution is -2.39. The second kappa shape index (κ2) is 6.24. The number of amides is 2. The Morgan fingerprint density at radius 2 is 2.00 bits per heavy atom. The van der Waals surface area contributed by atoms with Gasteiger partial charge < -0.3 is 15.0 Å². The normalized spacial score (nSPS) is 18.1. The zero-order valence-corrected chi connectivity index (χ0v) is 14.1. The number of anilines is 1. The fraction of sp³-hybridized carbons (Fsp3) is 0.300. The molecule has 1 N–H and O–H groups in total. The number of nitrogens with one attached hydrogen (secondary N) is 1. The Bertz CT molecular complexity index is 847. The van der Waals surface area contributed by atoms with Crippen molar-refractivity contribution < 1.29 is 14.3 Å². The van der Waals surface area contributed by atoms with E-state index in [-0.39, 0.29) is 17.7 Å². The van der Waals surface area contributed by atoms with Crippen LogP contribution in [0.1, 0.15) is 29.5 Å². The molecule has 0 bridgehead atoms. The number of hydrogen-bond donors (Lipinski definition) is 1. The van der Waals surface area contributed by atoms with E-state index in [9.17, 15) is 9.59 Å². The number of ether oxygens (including phenoxy) is 1. The van der Waals surface area contributed by atoms with E-state index in [1.165, 1.54) is 6.92 Å². The molecule has 4 rings (SSSR count). The number of fused-ring (bicyclic) bond motifs is 2. The molecule has 0 aliphatic carbocycles. The van der Waals surface area contributed by atoms with Gasteiger partial charge >= 0.3 is 0 Å². The standard InChI is InChI=1S/C20H20N2O3/c1-13(23)21-18-7-4-5-14-11-22(10-9-15(14)18)20(24)17-12-25-19-8-3-2-6-16(17)19/h2-8,17H,9-12H2,1H3,(H,21,23). The van der Waals surface area contributed by atoms with Crippen LogP contribution in [0, 0.1) is 0 Å². The fourth-order valence-corrected chi connectivity index (χ4v) is 3.69. The summed E-state index contributed by atoms with van der Waals surface area (Å²) in [6.07, 6.45) is 0.743. The number of carbonyl (C=O) groups excluding carboxylic acids is 2. The Hall–Kier alpha value is -2.82. The van der Waals surface area contributed by atoms with Gasteiger partial charge in [-0.15, -0.1) is 0 Å². The molecule has 0 spiro atoms. The third-order valence-electron chi connectivity index (χ3n) is 4.89. The van der Waals surface area contributed by atoms with E-state index in [1.807, 2.05) is 47.4 Å². The molecule has 128 valence electrons. The highest BCUT2D eigenvalue weighted by Crippen LogP contribution is 2.36. The van der Waals surface area contributed by atoms with Gasteiger partial charge in [-0.05, 0) is 29.7 Å². The number of nitrogens with zero attached hydrogens (tertiary/aromatic N) is 1. The molecule has 5 heteroatoms. The molecule has 0 fully saturated rings. The summed E-state index contributed by atoms with van der Waals surface area (Å²) >= 11 is 0. The van der Waals surface area contributed by atoms with Crippen molar-refractivity contribution in [1.29, 1.82) is 0 Å². The van der Waals surface area contributed by atoms with Crippen LogP contribution in [0.2, 0.25) is 0 Å². The average molecular weight is 336 g/mol. The molecule has 5 nitrogen and oxygen atoms in total. The molecule has 2 aromatic rings. The van der Waals surface area contributed by atoms with E-state index in [1.54, 1.807) is 0 Å². The van der Waals surface area contributed by atoms with Crippen molar-refractivity contribution in [2.75, 3.05) is 18.5 Å². The van der Waals surface area contributed by atoms with Crippen LogP contribution < -0.4 is 10.1 Å². The van der Waals surface area contributed by atoms with Crippen LogP contribution in [0.15, 0.2) is 42.5 Å². The van der Waals surface area contributed by atoms with Gasteiger partial charge in [0, 0.05) is 31.3 Å². The van der Waals surface area contributed by atoms with Crippen molar-refractivity contribution in [2.24, 2.45) is 0 Å². The van der Waals surface area contributed by atoms with Crippen LogP contribution in [0.3, 0.4) is 0 Å². The first kappa shape index (κ1) is 15.7. The van der Waals surface area contributed by atoms with Gasteiger partial charge in [0.25, 0.3) is 0 Å². The van der Waals surface area contributed by atoms with Crippen LogP contribution in [-0.4, -0.2) is 29.9 Å². The minimum atomic E-state index is -0.226. The first-order valence-corrected chi connectivity index (χ1v) is 8.52. The Balaban J connectivity index is 1.55. The molecule has 2 amide bonds. The summed E-state index contributed by atoms with van der Waals surface area (Å²) in [6, 6.07) is 13.6. The van der Waals surface area contributed by atoms with E-state index >= 15 is 0 Å². The first-order valence-electron chi connectivity index (χ1n) is 8.52. The van der Waals surface area contributed by atoms with Gasteiger partial charge in [-0.3, -0.25) is 9.59 Å². The van der Waals surface area contributed by atoms with Gasteiger partial charge in [0.2, 0.25) is 11.8 Å². The molecule has 1 unspecified atom stereocenters. The zero-order chi connectivity index (χ0) is 17.4. The number of benzene rings is 2. The number of para-hydroxylation sites is 1. The molecule has 0 saturated carbocycles. The van der Waals surface area contributed by atoms with Gasteiger partial charge in [-0.1, -0.05) is 30.3 Å². The molecule has 2 heterocycles. The molecule has 0 radical (unpaired) electrons. The van der Waals surface area contributed by atoms with Crippen LogP contribution in [0.4, 0.5) is 5.69 Å². The molecule has 0 aromatic heterocycles. The minimum absolute atomic E-state index is 0.0772. The minimum Gasteiger partial charge on any atom is -0.492 e. The van der Waals surface area contributed by atoms with Gasteiger partial charge in [-0.25, -0.2) is 0 Å². The summed E-state index contributed by atoms with van der Waals surface area (Å²) < 4.78 is 5.66. The fourth-order valence-electron chi connectivity index (χ4n) is 3.69. The van der Waals surface area contributed by atoms with Crippen molar-refractivity contribution in [2.45, 2.75) is 25.8 Å². The van der Waals surface area contributed by atoms with Gasteiger partial charge in [0.05, 0.1) is 0 Å². The molecule has 0 saturated heterocycles. The summed E-state index contributed by atoms with van der Waals surface area (Å²) in [5, 5.41) is 2.88. The Morgan fingerprint density at radius 3 is 2.84 bits per heavy atom. The summed E-state index contributed by atoms with van der Waals surface area (Å²) in [4.78, 5) is 26.3. The molecule has 25 heavy (non-hydrogen) atoms. The lowest BCUT2D eigenvalue weighted by molar-refractivity contribution is -0.134. The number of hydrogen-bond acceptors (Lipinski definition) is 3. The van der Waals surface area contributed by atoms with Gasteiger partial charge in [-0.2, -0.15) is 0 Å². The lowest BCUT2D eigenvalue weighted by atomic mass is 9.94. The molecule has 2 aliphatic rings. The third-order valence-corrected chi connectivity index (χ3v) is 4.89. The van der Waals surface area contributed by atoms with Crippen molar-refractivity contribution in [1.82, 2.24) is 4.90 Å². The van der Waals surface area contributed by atoms with Crippen molar-refractivity contribution in [3.63, 3.8) is 0 Å². The maximum absolute atomic E-state index is 13.0. The molecule has 2 aliphatic heterocycles. The lowest BCUT2D eigenvalue weighted by Gasteiger charge is -2.31. The zero-order valence-electron chi connectivity index (χ0n) is 14.1. The Morgan fingerprint density at radius 1 is 1.16 bits per heavy atom. The predicted molar refractivity (Wildman–Crippen MR) is 94.5 cm³/mol. The maximum Gasteiger partial charge on any atom is 0.234 e. The molecular weight excluding hydrogens is 316 g/mol. The van der Waals surface area contributed by atoms with Gasteiger partial charge in [0.15, 0.2) is 0 Å². The second-order valence-electron chi connectivity index (χ2n) is 6.54. The predicted octanol–water partition coefficient (Wildman–Crippen LogP) is 2.71. The van der Waals surface area contributed by atoms with Gasteiger partial charge in [0.1, 0.15) is 18.3 Å². The Labute approximate surface area is 146 Å². The molecule has 1 atom stereocenters. The van der Waals surface area contributed by atoms with E-state index in [4.69, 9.17) is 4.74 Å². The first-order chi connectivity index (χ1) is 12.1. The SMILES string of the molecule is CC(=O)Nc1cccc2c1CCN(C(=O)C1COc3ccccc31)C2. The highest BCUT2D eigenvalue weighted by Gasteiger charge is 2.34. The summed E-state index contributed by atoms with van der Waals surface area (Å²) in [7, 11) is 0. The quantitative estimate of drug-likeness (QED) is 0.917. The monoisotopic (exact) mass is 336 g/mol. The van der Waals surface area contributed by atoms with Crippen LogP contribution in [0.5, 0.6) is 5.75 Å². The van der Waals surface area contributed by atoms with Crippen molar-refractivity contribution >= 4 is 17.5 Å². The molecule has 2 aromatic carbocycles. The smallest absolute Gasteiger partial charge is 0.234 e. The topological polar surface area (TPSA) is 58.6 Å². The van der Waals surface area contributed by atoms with Crippen molar-refractivity contribution in [3.8, 4) is 5.75 Å². The summed E-state index contributed by atoms with van der Waals surface area (Å²) in [6.45, 7) is 3.14.